The zero-order valence-corrected chi connectivity index (χ0v) is 10.6. The lowest BCUT2D eigenvalue weighted by Gasteiger charge is -2.25. The molecule has 1 aromatic rings. The molecule has 1 atom stereocenters. The third kappa shape index (κ3) is 2.70. The molecule has 1 aliphatic rings. The Bertz CT molecular complexity index is 424. The van der Waals surface area contributed by atoms with Crippen LogP contribution < -0.4 is 11.1 Å². The SMILES string of the molecule is C[C@@H](NC(=O)C1(N)CCCC1)c1ccc(F)cc1. The number of nitrogens with two attached hydrogens (primary N) is 1. The van der Waals surface area contributed by atoms with Gasteiger partial charge < -0.3 is 11.1 Å². The molecule has 1 fully saturated rings. The zero-order valence-electron chi connectivity index (χ0n) is 10.6. The van der Waals surface area contributed by atoms with Gasteiger partial charge in [-0.2, -0.15) is 0 Å². The van der Waals surface area contributed by atoms with Crippen molar-refractivity contribution in [1.29, 1.82) is 0 Å². The predicted molar refractivity (Wildman–Crippen MR) is 68.3 cm³/mol. The monoisotopic (exact) mass is 250 g/mol. The lowest BCUT2D eigenvalue weighted by molar-refractivity contribution is -0.126. The first-order chi connectivity index (χ1) is 8.51. The topological polar surface area (TPSA) is 55.1 Å². The van der Waals surface area contributed by atoms with Gasteiger partial charge in [-0.3, -0.25) is 4.79 Å². The van der Waals surface area contributed by atoms with Crippen molar-refractivity contribution in [3.63, 3.8) is 0 Å². The fraction of sp³-hybridized carbons (Fsp3) is 0.500. The smallest absolute Gasteiger partial charge is 0.240 e. The molecule has 0 heterocycles. The Kier molecular flexibility index (Phi) is 3.66. The lowest BCUT2D eigenvalue weighted by Crippen LogP contribution is -2.52. The van der Waals surface area contributed by atoms with E-state index in [1.165, 1.54) is 12.1 Å². The van der Waals surface area contributed by atoms with Crippen LogP contribution in [0, 0.1) is 5.82 Å². The van der Waals surface area contributed by atoms with Crippen LogP contribution in [0.25, 0.3) is 0 Å². The average molecular weight is 250 g/mol. The number of benzene rings is 1. The van der Waals surface area contributed by atoms with Gasteiger partial charge in [-0.25, -0.2) is 4.39 Å². The van der Waals surface area contributed by atoms with Crippen molar-refractivity contribution in [2.75, 3.05) is 0 Å². The van der Waals surface area contributed by atoms with Crippen LogP contribution in [0.4, 0.5) is 4.39 Å². The van der Waals surface area contributed by atoms with Gasteiger partial charge in [-0.15, -0.1) is 0 Å². The van der Waals surface area contributed by atoms with Gasteiger partial charge in [-0.1, -0.05) is 25.0 Å². The fourth-order valence-electron chi connectivity index (χ4n) is 2.41. The minimum absolute atomic E-state index is 0.100. The lowest BCUT2D eigenvalue weighted by atomic mass is 9.97. The van der Waals surface area contributed by atoms with E-state index < -0.39 is 5.54 Å². The molecule has 0 radical (unpaired) electrons. The number of hydrogen-bond acceptors (Lipinski definition) is 2. The Morgan fingerprint density at radius 1 is 1.33 bits per heavy atom. The maximum atomic E-state index is 12.8. The standard InChI is InChI=1S/C14H19FN2O/c1-10(11-4-6-12(15)7-5-11)17-13(18)14(16)8-2-3-9-14/h4-7,10H,2-3,8-9,16H2,1H3,(H,17,18)/t10-/m1/s1. The highest BCUT2D eigenvalue weighted by molar-refractivity contribution is 5.86. The van der Waals surface area contributed by atoms with Gasteiger partial charge in [0.2, 0.25) is 5.91 Å². The van der Waals surface area contributed by atoms with E-state index in [1.54, 1.807) is 12.1 Å². The van der Waals surface area contributed by atoms with Crippen LogP contribution in [0.3, 0.4) is 0 Å². The number of carbonyl (C=O) groups excluding carboxylic acids is 1. The Morgan fingerprint density at radius 3 is 2.44 bits per heavy atom. The second kappa shape index (κ2) is 5.06. The van der Waals surface area contributed by atoms with Crippen LogP contribution in [0.1, 0.15) is 44.2 Å². The Balaban J connectivity index is 2.00. The van der Waals surface area contributed by atoms with Gasteiger partial charge in [-0.05, 0) is 37.5 Å². The van der Waals surface area contributed by atoms with E-state index in [2.05, 4.69) is 5.32 Å². The zero-order chi connectivity index (χ0) is 13.2. The van der Waals surface area contributed by atoms with Gasteiger partial charge in [0.1, 0.15) is 5.82 Å². The second-order valence-electron chi connectivity index (χ2n) is 5.11. The van der Waals surface area contributed by atoms with Crippen LogP contribution in [0.2, 0.25) is 0 Å². The quantitative estimate of drug-likeness (QED) is 0.864. The summed E-state index contributed by atoms with van der Waals surface area (Å²) in [7, 11) is 0. The highest BCUT2D eigenvalue weighted by Crippen LogP contribution is 2.28. The van der Waals surface area contributed by atoms with Crippen molar-refractivity contribution in [1.82, 2.24) is 5.32 Å². The average Bonchev–Trinajstić information content (AvgIpc) is 2.78. The molecular weight excluding hydrogens is 231 g/mol. The summed E-state index contributed by atoms with van der Waals surface area (Å²) in [6.07, 6.45) is 3.51. The summed E-state index contributed by atoms with van der Waals surface area (Å²) in [5.41, 5.74) is 6.25. The Labute approximate surface area is 107 Å². The molecular formula is C14H19FN2O. The molecule has 18 heavy (non-hydrogen) atoms. The summed E-state index contributed by atoms with van der Waals surface area (Å²) in [4.78, 5) is 12.1. The first-order valence-electron chi connectivity index (χ1n) is 6.36. The molecule has 1 aliphatic carbocycles. The van der Waals surface area contributed by atoms with Gasteiger partial charge in [0.15, 0.2) is 0 Å². The summed E-state index contributed by atoms with van der Waals surface area (Å²) in [5.74, 6) is -0.375. The van der Waals surface area contributed by atoms with Gasteiger partial charge in [0.05, 0.1) is 11.6 Å². The molecule has 0 unspecified atom stereocenters. The van der Waals surface area contributed by atoms with Crippen molar-refractivity contribution in [3.8, 4) is 0 Å². The van der Waals surface area contributed by atoms with Crippen molar-refractivity contribution in [2.45, 2.75) is 44.2 Å². The van der Waals surface area contributed by atoms with Crippen LogP contribution >= 0.6 is 0 Å². The number of hydrogen-bond donors (Lipinski definition) is 2. The minimum atomic E-state index is -0.714. The van der Waals surface area contributed by atoms with Crippen LogP contribution in [-0.4, -0.2) is 11.4 Å². The van der Waals surface area contributed by atoms with Crippen molar-refractivity contribution >= 4 is 5.91 Å². The maximum absolute atomic E-state index is 12.8. The summed E-state index contributed by atoms with van der Waals surface area (Å²) in [6.45, 7) is 1.88. The maximum Gasteiger partial charge on any atom is 0.240 e. The van der Waals surface area contributed by atoms with E-state index >= 15 is 0 Å². The van der Waals surface area contributed by atoms with E-state index in [0.717, 1.165) is 31.2 Å². The van der Waals surface area contributed by atoms with E-state index in [0.29, 0.717) is 0 Å². The largest absolute Gasteiger partial charge is 0.348 e. The number of nitrogens with one attached hydrogen (secondary N) is 1. The van der Waals surface area contributed by atoms with Crippen LogP contribution in [0.5, 0.6) is 0 Å². The molecule has 3 N–H and O–H groups in total. The number of carbonyl (C=O) groups is 1. The molecule has 0 saturated heterocycles. The highest BCUT2D eigenvalue weighted by atomic mass is 19.1. The molecule has 0 aliphatic heterocycles. The van der Waals surface area contributed by atoms with Crippen LogP contribution in [0.15, 0.2) is 24.3 Å². The first-order valence-corrected chi connectivity index (χ1v) is 6.36. The normalized spacial score (nSPS) is 19.5. The number of rotatable bonds is 3. The minimum Gasteiger partial charge on any atom is -0.348 e. The van der Waals surface area contributed by atoms with Gasteiger partial charge in [0, 0.05) is 0 Å². The molecule has 0 aromatic heterocycles. The molecule has 1 aromatic carbocycles. The molecule has 0 spiro atoms. The Hall–Kier alpha value is -1.42. The van der Waals surface area contributed by atoms with Crippen molar-refractivity contribution < 1.29 is 9.18 Å². The third-order valence-corrected chi connectivity index (χ3v) is 3.67. The Morgan fingerprint density at radius 2 is 1.89 bits per heavy atom. The van der Waals surface area contributed by atoms with Crippen molar-refractivity contribution in [3.05, 3.63) is 35.6 Å². The molecule has 3 nitrogen and oxygen atoms in total. The van der Waals surface area contributed by atoms with E-state index in [1.807, 2.05) is 6.92 Å². The number of halogens is 1. The summed E-state index contributed by atoms with van der Waals surface area (Å²) >= 11 is 0. The molecule has 1 saturated carbocycles. The van der Waals surface area contributed by atoms with Gasteiger partial charge >= 0.3 is 0 Å². The van der Waals surface area contributed by atoms with Crippen LogP contribution in [-0.2, 0) is 4.79 Å². The van der Waals surface area contributed by atoms with Gasteiger partial charge in [0.25, 0.3) is 0 Å². The second-order valence-corrected chi connectivity index (χ2v) is 5.11. The molecule has 98 valence electrons. The fourth-order valence-corrected chi connectivity index (χ4v) is 2.41. The van der Waals surface area contributed by atoms with E-state index in [9.17, 15) is 9.18 Å². The molecule has 4 heteroatoms. The third-order valence-electron chi connectivity index (χ3n) is 3.67. The van der Waals surface area contributed by atoms with E-state index in [4.69, 9.17) is 5.73 Å². The summed E-state index contributed by atoms with van der Waals surface area (Å²) in [6, 6.07) is 5.99. The molecule has 1 amide bonds. The summed E-state index contributed by atoms with van der Waals surface area (Å²) in [5, 5.41) is 2.91. The first kappa shape index (κ1) is 13.0. The summed E-state index contributed by atoms with van der Waals surface area (Å²) < 4.78 is 12.8. The highest BCUT2D eigenvalue weighted by Gasteiger charge is 2.37. The molecule has 2 rings (SSSR count). The van der Waals surface area contributed by atoms with E-state index in [-0.39, 0.29) is 17.8 Å². The molecule has 0 bridgehead atoms. The predicted octanol–water partition coefficient (Wildman–Crippen LogP) is 2.27. The van der Waals surface area contributed by atoms with Crippen molar-refractivity contribution in [2.24, 2.45) is 5.73 Å². The number of amides is 1.